The Hall–Kier alpha value is -1.11. The van der Waals surface area contributed by atoms with Gasteiger partial charge >= 0.3 is 6.18 Å². The Morgan fingerprint density at radius 3 is 2.29 bits per heavy atom. The molecule has 0 unspecified atom stereocenters. The molecule has 0 radical (unpaired) electrons. The molecule has 0 fully saturated rings. The molecule has 0 aliphatic heterocycles. The molecule has 1 N–H and O–H groups in total. The lowest BCUT2D eigenvalue weighted by molar-refractivity contribution is -0.141. The topological polar surface area (TPSA) is 42.0 Å². The predicted molar refractivity (Wildman–Crippen MR) is 60.9 cm³/mol. The minimum absolute atomic E-state index is 0.218. The molecule has 0 aliphatic rings. The molecule has 17 heavy (non-hydrogen) atoms. The zero-order valence-corrected chi connectivity index (χ0v) is 10.7. The highest BCUT2D eigenvalue weighted by atomic mass is 79.9. The van der Waals surface area contributed by atoms with Crippen molar-refractivity contribution in [2.45, 2.75) is 24.3 Å². The van der Waals surface area contributed by atoms with Gasteiger partial charge in [0.1, 0.15) is 5.69 Å². The highest BCUT2D eigenvalue weighted by Gasteiger charge is 2.32. The Balaban J connectivity index is 2.80. The molecule has 0 saturated carbocycles. The molecule has 0 saturated heterocycles. The first-order valence-electron chi connectivity index (χ1n) is 4.64. The molecule has 0 atom stereocenters. The van der Waals surface area contributed by atoms with Gasteiger partial charge in [-0.25, -0.2) is 4.98 Å². The number of aromatic nitrogens is 1. The van der Waals surface area contributed by atoms with E-state index in [9.17, 15) is 18.0 Å². The van der Waals surface area contributed by atoms with Crippen LogP contribution in [0.1, 0.15) is 19.5 Å². The van der Waals surface area contributed by atoms with Crippen molar-refractivity contribution in [3.8, 4) is 0 Å². The number of nitrogens with one attached hydrogen (secondary N) is 1. The molecule has 1 amide bonds. The maximum atomic E-state index is 12.2. The second-order valence-electron chi connectivity index (χ2n) is 3.86. The number of amides is 1. The summed E-state index contributed by atoms with van der Waals surface area (Å²) >= 11 is 3.14. The van der Waals surface area contributed by atoms with Crippen molar-refractivity contribution in [3.63, 3.8) is 0 Å². The predicted octanol–water partition coefficient (Wildman–Crippen LogP) is 3.21. The van der Waals surface area contributed by atoms with Crippen LogP contribution >= 0.6 is 15.9 Å². The Bertz CT molecular complexity index is 409. The molecule has 1 aromatic rings. The van der Waals surface area contributed by atoms with E-state index in [1.165, 1.54) is 0 Å². The average molecular weight is 311 g/mol. The zero-order chi connectivity index (χ0) is 13.3. The number of carbonyl (C=O) groups excluding carboxylic acids is 1. The molecule has 1 heterocycles. The van der Waals surface area contributed by atoms with Gasteiger partial charge in [0, 0.05) is 0 Å². The highest BCUT2D eigenvalue weighted by Crippen LogP contribution is 2.28. The van der Waals surface area contributed by atoms with Crippen molar-refractivity contribution in [1.82, 2.24) is 4.98 Å². The Kier molecular flexibility index (Phi) is 3.81. The van der Waals surface area contributed by atoms with E-state index in [2.05, 4.69) is 26.2 Å². The summed E-state index contributed by atoms with van der Waals surface area (Å²) in [7, 11) is 0. The molecule has 7 heteroatoms. The molecule has 0 bridgehead atoms. The summed E-state index contributed by atoms with van der Waals surface area (Å²) < 4.78 is 35.8. The van der Waals surface area contributed by atoms with Crippen LogP contribution < -0.4 is 5.32 Å². The molecule has 1 rings (SSSR count). The second-order valence-corrected chi connectivity index (χ2v) is 5.84. The van der Waals surface area contributed by atoms with E-state index in [-0.39, 0.29) is 11.6 Å². The van der Waals surface area contributed by atoms with Crippen LogP contribution in [0, 0.1) is 0 Å². The van der Waals surface area contributed by atoms with Crippen LogP contribution in [0.2, 0.25) is 0 Å². The summed E-state index contributed by atoms with van der Waals surface area (Å²) in [4.78, 5) is 14.7. The molecule has 1 aromatic heterocycles. The normalized spacial score (nSPS) is 12.4. The third-order valence-electron chi connectivity index (χ3n) is 1.85. The molecular formula is C10H10BrF3N2O. The fourth-order valence-corrected chi connectivity index (χ4v) is 1.01. The number of hydrogen-bond donors (Lipinski definition) is 1. The van der Waals surface area contributed by atoms with Gasteiger partial charge in [-0.05, 0) is 26.0 Å². The lowest BCUT2D eigenvalue weighted by Gasteiger charge is -2.15. The number of anilines is 1. The number of pyridine rings is 1. The van der Waals surface area contributed by atoms with E-state index in [4.69, 9.17) is 0 Å². The summed E-state index contributed by atoms with van der Waals surface area (Å²) in [5.41, 5.74) is -0.774. The summed E-state index contributed by atoms with van der Waals surface area (Å²) in [5, 5.41) is 2.44. The lowest BCUT2D eigenvalue weighted by Crippen LogP contribution is -2.31. The minimum atomic E-state index is -4.47. The Morgan fingerprint density at radius 2 is 1.94 bits per heavy atom. The van der Waals surface area contributed by atoms with Gasteiger partial charge < -0.3 is 5.32 Å². The van der Waals surface area contributed by atoms with Crippen LogP contribution in [0.3, 0.4) is 0 Å². The SMILES string of the molecule is CC(C)(Br)C(=O)Nc1ccc(C(F)(F)F)nc1. The van der Waals surface area contributed by atoms with Gasteiger partial charge in [0.05, 0.1) is 16.2 Å². The van der Waals surface area contributed by atoms with Crippen LogP contribution in [0.15, 0.2) is 18.3 Å². The van der Waals surface area contributed by atoms with Crippen LogP contribution in [-0.2, 0) is 11.0 Å². The number of hydrogen-bond acceptors (Lipinski definition) is 2. The third-order valence-corrected chi connectivity index (χ3v) is 2.21. The summed E-state index contributed by atoms with van der Waals surface area (Å²) in [6.45, 7) is 3.25. The fourth-order valence-electron chi connectivity index (χ4n) is 0.915. The first-order valence-corrected chi connectivity index (χ1v) is 5.43. The smallest absolute Gasteiger partial charge is 0.324 e. The van der Waals surface area contributed by atoms with E-state index >= 15 is 0 Å². The maximum Gasteiger partial charge on any atom is 0.433 e. The summed E-state index contributed by atoms with van der Waals surface area (Å²) in [6.07, 6.45) is -3.50. The zero-order valence-electron chi connectivity index (χ0n) is 9.10. The largest absolute Gasteiger partial charge is 0.433 e. The standard InChI is InChI=1S/C10H10BrF3N2O/c1-9(2,11)8(17)16-6-3-4-7(15-5-6)10(12,13)14/h3-5H,1-2H3,(H,16,17). The van der Waals surface area contributed by atoms with Crippen molar-refractivity contribution in [3.05, 3.63) is 24.0 Å². The minimum Gasteiger partial charge on any atom is -0.324 e. The molecule has 3 nitrogen and oxygen atoms in total. The van der Waals surface area contributed by atoms with Crippen molar-refractivity contribution in [1.29, 1.82) is 0 Å². The average Bonchev–Trinajstić information content (AvgIpc) is 2.15. The van der Waals surface area contributed by atoms with E-state index in [1.54, 1.807) is 13.8 Å². The monoisotopic (exact) mass is 310 g/mol. The van der Waals surface area contributed by atoms with Gasteiger partial charge in [0.2, 0.25) is 5.91 Å². The van der Waals surface area contributed by atoms with Crippen LogP contribution in [-0.4, -0.2) is 15.2 Å². The van der Waals surface area contributed by atoms with Gasteiger partial charge in [-0.3, -0.25) is 4.79 Å². The number of carbonyl (C=O) groups is 1. The van der Waals surface area contributed by atoms with Crippen LogP contribution in [0.4, 0.5) is 18.9 Å². The number of halogens is 4. The molecule has 0 aliphatic carbocycles. The summed E-state index contributed by atoms with van der Waals surface area (Å²) in [5.74, 6) is -0.362. The first-order chi connectivity index (χ1) is 7.60. The Morgan fingerprint density at radius 1 is 1.35 bits per heavy atom. The van der Waals surface area contributed by atoms with E-state index in [1.807, 2.05) is 0 Å². The van der Waals surface area contributed by atoms with Gasteiger partial charge in [-0.2, -0.15) is 13.2 Å². The number of nitrogens with zero attached hydrogens (tertiary/aromatic N) is 1. The van der Waals surface area contributed by atoms with Gasteiger partial charge in [-0.15, -0.1) is 0 Å². The molecular weight excluding hydrogens is 301 g/mol. The van der Waals surface area contributed by atoms with Crippen LogP contribution in [0.5, 0.6) is 0 Å². The summed E-state index contributed by atoms with van der Waals surface area (Å²) in [6, 6.07) is 1.98. The third kappa shape index (κ3) is 3.99. The van der Waals surface area contributed by atoms with Crippen molar-refractivity contribution >= 4 is 27.5 Å². The fraction of sp³-hybridized carbons (Fsp3) is 0.400. The van der Waals surface area contributed by atoms with Gasteiger partial charge in [0.15, 0.2) is 0 Å². The van der Waals surface area contributed by atoms with Gasteiger partial charge in [-0.1, -0.05) is 15.9 Å². The maximum absolute atomic E-state index is 12.2. The quantitative estimate of drug-likeness (QED) is 0.852. The number of rotatable bonds is 2. The van der Waals surface area contributed by atoms with Crippen LogP contribution in [0.25, 0.3) is 0 Å². The Labute approximate surface area is 105 Å². The first kappa shape index (κ1) is 14.0. The lowest BCUT2D eigenvalue weighted by atomic mass is 10.2. The highest BCUT2D eigenvalue weighted by molar-refractivity contribution is 9.10. The van der Waals surface area contributed by atoms with Crippen molar-refractivity contribution in [2.75, 3.05) is 5.32 Å². The molecule has 0 aromatic carbocycles. The van der Waals surface area contributed by atoms with E-state index in [0.717, 1.165) is 18.3 Å². The molecule has 0 spiro atoms. The molecule has 94 valence electrons. The van der Waals surface area contributed by atoms with Crippen molar-refractivity contribution in [2.24, 2.45) is 0 Å². The van der Waals surface area contributed by atoms with Gasteiger partial charge in [0.25, 0.3) is 0 Å². The van der Waals surface area contributed by atoms with E-state index in [0.29, 0.717) is 0 Å². The van der Waals surface area contributed by atoms with E-state index < -0.39 is 16.2 Å². The second kappa shape index (κ2) is 4.64. The number of alkyl halides is 4. The van der Waals surface area contributed by atoms with Crippen molar-refractivity contribution < 1.29 is 18.0 Å².